The molecule has 9 nitrogen and oxygen atoms in total. The smallest absolute Gasteiger partial charge is 0.338 e. The second-order valence-electron chi connectivity index (χ2n) is 7.43. The van der Waals surface area contributed by atoms with Crippen molar-refractivity contribution in [3.63, 3.8) is 0 Å². The van der Waals surface area contributed by atoms with Crippen LogP contribution in [0.25, 0.3) is 0 Å². The zero-order valence-corrected chi connectivity index (χ0v) is 16.3. The molecule has 0 aliphatic carbocycles. The van der Waals surface area contributed by atoms with Crippen LogP contribution in [0.3, 0.4) is 0 Å². The highest BCUT2D eigenvalue weighted by Crippen LogP contribution is 2.23. The van der Waals surface area contributed by atoms with Crippen LogP contribution in [0, 0.1) is 0 Å². The largest absolute Gasteiger partial charge is 0.487 e. The molecule has 1 N–H and O–H groups in total. The number of hydrogen-bond acceptors (Lipinski definition) is 6. The van der Waals surface area contributed by atoms with E-state index < -0.39 is 0 Å². The zero-order valence-electron chi connectivity index (χ0n) is 16.3. The number of esters is 1. The van der Waals surface area contributed by atoms with E-state index in [-0.39, 0.29) is 42.8 Å². The van der Waals surface area contributed by atoms with Crippen LogP contribution in [0.15, 0.2) is 24.3 Å². The van der Waals surface area contributed by atoms with Crippen molar-refractivity contribution < 1.29 is 28.6 Å². The molecule has 3 fully saturated rings. The number of benzene rings is 1. The molecule has 29 heavy (non-hydrogen) atoms. The molecular formula is C20H25N3O6. The fourth-order valence-corrected chi connectivity index (χ4v) is 3.85. The first kappa shape index (κ1) is 19.5. The molecule has 0 unspecified atom stereocenters. The van der Waals surface area contributed by atoms with E-state index in [0.717, 1.165) is 0 Å². The second-order valence-corrected chi connectivity index (χ2v) is 7.43. The van der Waals surface area contributed by atoms with Crippen LogP contribution in [0.5, 0.6) is 5.75 Å². The molecule has 3 saturated heterocycles. The highest BCUT2D eigenvalue weighted by molar-refractivity contribution is 5.89. The normalized spacial score (nSPS) is 24.2. The fraction of sp³-hybridized carbons (Fsp3) is 0.550. The number of hydrogen-bond donors (Lipinski definition) is 1. The lowest BCUT2D eigenvalue weighted by Gasteiger charge is -2.45. The highest BCUT2D eigenvalue weighted by atomic mass is 16.5. The highest BCUT2D eigenvalue weighted by Gasteiger charge is 2.40. The molecule has 0 saturated carbocycles. The van der Waals surface area contributed by atoms with Crippen LogP contribution in [-0.4, -0.2) is 85.3 Å². The summed E-state index contributed by atoms with van der Waals surface area (Å²) in [5, 5.41) is 2.90. The number of carbonyl (C=O) groups excluding carboxylic acids is 3. The summed E-state index contributed by atoms with van der Waals surface area (Å²) >= 11 is 0. The van der Waals surface area contributed by atoms with Crippen LogP contribution < -0.4 is 10.1 Å². The average molecular weight is 403 g/mol. The number of morpholine rings is 1. The third-order valence-corrected chi connectivity index (χ3v) is 5.36. The van der Waals surface area contributed by atoms with Crippen molar-refractivity contribution in [3.05, 3.63) is 29.8 Å². The number of ether oxygens (including phenoxy) is 3. The number of amides is 3. The molecule has 156 valence electrons. The molecule has 2 atom stereocenters. The van der Waals surface area contributed by atoms with Crippen molar-refractivity contribution in [2.75, 3.05) is 39.4 Å². The topological polar surface area (TPSA) is 97.4 Å². The Balaban J connectivity index is 1.27. The van der Waals surface area contributed by atoms with Crippen LogP contribution in [0.4, 0.5) is 4.79 Å². The first-order chi connectivity index (χ1) is 14.0. The maximum atomic E-state index is 12.7. The molecule has 4 rings (SSSR count). The van der Waals surface area contributed by atoms with Gasteiger partial charge in [-0.3, -0.25) is 4.79 Å². The van der Waals surface area contributed by atoms with Crippen molar-refractivity contribution in [1.82, 2.24) is 15.1 Å². The average Bonchev–Trinajstić information content (AvgIpc) is 2.69. The van der Waals surface area contributed by atoms with E-state index in [1.807, 2.05) is 0 Å². The Labute approximate surface area is 168 Å². The van der Waals surface area contributed by atoms with Crippen molar-refractivity contribution in [2.24, 2.45) is 0 Å². The van der Waals surface area contributed by atoms with Gasteiger partial charge in [-0.2, -0.15) is 0 Å². The van der Waals surface area contributed by atoms with Gasteiger partial charge in [-0.25, -0.2) is 9.59 Å². The van der Waals surface area contributed by atoms with Gasteiger partial charge in [-0.05, 0) is 31.5 Å². The third-order valence-electron chi connectivity index (χ3n) is 5.36. The molecule has 1 aromatic carbocycles. The van der Waals surface area contributed by atoms with E-state index in [0.29, 0.717) is 50.5 Å². The summed E-state index contributed by atoms with van der Waals surface area (Å²) < 4.78 is 16.4. The molecule has 3 amide bonds. The Bertz CT molecular complexity index is 794. The third kappa shape index (κ3) is 4.29. The Morgan fingerprint density at radius 2 is 2.07 bits per heavy atom. The molecule has 1 aromatic rings. The maximum absolute atomic E-state index is 12.7. The Hall–Kier alpha value is -2.81. The summed E-state index contributed by atoms with van der Waals surface area (Å²) in [6, 6.07) is 6.66. The molecule has 0 radical (unpaired) electrons. The van der Waals surface area contributed by atoms with E-state index in [9.17, 15) is 14.4 Å². The first-order valence-electron chi connectivity index (χ1n) is 9.92. The van der Waals surface area contributed by atoms with Gasteiger partial charge in [0.2, 0.25) is 5.91 Å². The number of fused-ring (bicyclic) bond motifs is 1. The minimum Gasteiger partial charge on any atom is -0.487 e. The molecule has 0 spiro atoms. The van der Waals surface area contributed by atoms with Gasteiger partial charge >= 0.3 is 12.0 Å². The number of piperidine rings is 1. The lowest BCUT2D eigenvalue weighted by Crippen LogP contribution is -2.65. The van der Waals surface area contributed by atoms with Crippen LogP contribution in [0.2, 0.25) is 0 Å². The predicted octanol–water partition coefficient (Wildman–Crippen LogP) is 0.636. The minimum absolute atomic E-state index is 0.0177. The van der Waals surface area contributed by atoms with Gasteiger partial charge in [-0.15, -0.1) is 0 Å². The van der Waals surface area contributed by atoms with E-state index in [2.05, 4.69) is 5.32 Å². The fourth-order valence-electron chi connectivity index (χ4n) is 3.85. The summed E-state index contributed by atoms with van der Waals surface area (Å²) in [5.41, 5.74) is 0.441. The van der Waals surface area contributed by atoms with Gasteiger partial charge < -0.3 is 29.3 Å². The van der Waals surface area contributed by atoms with Gasteiger partial charge in [0.1, 0.15) is 18.5 Å². The standard InChI is InChI=1S/C20H25N3O6/c1-2-27-19(25)13-4-3-5-14(8-13)29-15-9-23(10-15)20(26)22-7-6-17-16(11-22)21-18(24)12-28-17/h3-5,8,15-17H,2,6-7,9-12H2,1H3,(H,21,24)/t16-,17+/m1/s1. The number of likely N-dealkylation sites (tertiary alicyclic amines) is 2. The van der Waals surface area contributed by atoms with Crippen molar-refractivity contribution >= 4 is 17.9 Å². The molecule has 3 aliphatic heterocycles. The van der Waals surface area contributed by atoms with Gasteiger partial charge in [0.25, 0.3) is 0 Å². The number of rotatable bonds is 4. The van der Waals surface area contributed by atoms with Crippen molar-refractivity contribution in [1.29, 1.82) is 0 Å². The van der Waals surface area contributed by atoms with Crippen LogP contribution in [-0.2, 0) is 14.3 Å². The maximum Gasteiger partial charge on any atom is 0.338 e. The van der Waals surface area contributed by atoms with E-state index in [1.54, 1.807) is 41.0 Å². The zero-order chi connectivity index (χ0) is 20.4. The van der Waals surface area contributed by atoms with Gasteiger partial charge in [0, 0.05) is 13.1 Å². The number of nitrogens with one attached hydrogen (secondary N) is 1. The van der Waals surface area contributed by atoms with Gasteiger partial charge in [0.15, 0.2) is 0 Å². The van der Waals surface area contributed by atoms with Crippen LogP contribution in [0.1, 0.15) is 23.7 Å². The summed E-state index contributed by atoms with van der Waals surface area (Å²) in [4.78, 5) is 39.6. The summed E-state index contributed by atoms with van der Waals surface area (Å²) in [5.74, 6) is 0.0593. The SMILES string of the molecule is CCOC(=O)c1cccc(OC2CN(C(=O)N3CC[C@@H]4OCC(=O)N[C@@H]4C3)C2)c1. The van der Waals surface area contributed by atoms with Gasteiger partial charge in [0.05, 0.1) is 37.4 Å². The van der Waals surface area contributed by atoms with E-state index in [4.69, 9.17) is 14.2 Å². The molecule has 3 aliphatic rings. The molecule has 0 bridgehead atoms. The first-order valence-corrected chi connectivity index (χ1v) is 9.92. The number of carbonyl (C=O) groups is 3. The van der Waals surface area contributed by atoms with Crippen LogP contribution >= 0.6 is 0 Å². The number of nitrogens with zero attached hydrogens (tertiary/aromatic N) is 2. The Morgan fingerprint density at radius 1 is 1.24 bits per heavy atom. The molecule has 3 heterocycles. The molecular weight excluding hydrogens is 378 g/mol. The van der Waals surface area contributed by atoms with E-state index >= 15 is 0 Å². The second kappa shape index (κ2) is 8.28. The molecule has 0 aromatic heterocycles. The summed E-state index contributed by atoms with van der Waals surface area (Å²) in [6.45, 7) is 4.20. The van der Waals surface area contributed by atoms with E-state index in [1.165, 1.54) is 0 Å². The number of urea groups is 1. The molecule has 9 heteroatoms. The van der Waals surface area contributed by atoms with Crippen molar-refractivity contribution in [2.45, 2.75) is 31.6 Å². The minimum atomic E-state index is -0.384. The summed E-state index contributed by atoms with van der Waals surface area (Å²) in [6.07, 6.45) is 0.577. The Kier molecular flexibility index (Phi) is 5.57. The quantitative estimate of drug-likeness (QED) is 0.741. The van der Waals surface area contributed by atoms with Crippen molar-refractivity contribution in [3.8, 4) is 5.75 Å². The monoisotopic (exact) mass is 403 g/mol. The lowest BCUT2D eigenvalue weighted by molar-refractivity contribution is -0.139. The predicted molar refractivity (Wildman–Crippen MR) is 102 cm³/mol. The van der Waals surface area contributed by atoms with Gasteiger partial charge in [-0.1, -0.05) is 6.07 Å². The lowest BCUT2D eigenvalue weighted by atomic mass is 10.0. The Morgan fingerprint density at radius 3 is 2.86 bits per heavy atom. The summed E-state index contributed by atoms with van der Waals surface area (Å²) in [7, 11) is 0.